The summed E-state index contributed by atoms with van der Waals surface area (Å²) in [5, 5.41) is 10.3. The molecule has 224 valence electrons. The smallest absolute Gasteiger partial charge is 0.353 e. The van der Waals surface area contributed by atoms with Crippen molar-refractivity contribution in [1.82, 2.24) is 19.5 Å². The number of imidazole rings is 1. The van der Waals surface area contributed by atoms with E-state index in [1.807, 2.05) is 0 Å². The molecule has 0 amide bonds. The van der Waals surface area contributed by atoms with E-state index in [1.54, 1.807) is 17.8 Å². The van der Waals surface area contributed by atoms with Crippen molar-refractivity contribution in [2.75, 3.05) is 18.7 Å². The molecule has 1 unspecified atom stereocenters. The van der Waals surface area contributed by atoms with E-state index in [-0.39, 0.29) is 12.4 Å². The SMILES string of the molecule is CCCCCCCCCCCCCCC[C@@H](O)[C@@H](N)COP(=O)(O)CO[C@H](C)Cn1cnc2c(N)ncnc21. The third-order valence-corrected chi connectivity index (χ3v) is 8.00. The van der Waals surface area contributed by atoms with Gasteiger partial charge in [-0.1, -0.05) is 90.4 Å². The van der Waals surface area contributed by atoms with Gasteiger partial charge in [0.2, 0.25) is 0 Å². The Bertz CT molecular complexity index is 977. The molecule has 2 aromatic heterocycles. The molecule has 39 heavy (non-hydrogen) atoms. The number of nitrogen functional groups attached to an aromatic ring is 1. The average Bonchev–Trinajstić information content (AvgIpc) is 3.32. The lowest BCUT2D eigenvalue weighted by Crippen LogP contribution is -2.38. The van der Waals surface area contributed by atoms with Gasteiger partial charge in [-0.15, -0.1) is 0 Å². The molecule has 6 N–H and O–H groups in total. The van der Waals surface area contributed by atoms with Crippen LogP contribution in [0.1, 0.15) is 104 Å². The molecule has 0 radical (unpaired) electrons. The summed E-state index contributed by atoms with van der Waals surface area (Å²) in [7, 11) is -4.03. The van der Waals surface area contributed by atoms with Gasteiger partial charge in [-0.3, -0.25) is 4.57 Å². The van der Waals surface area contributed by atoms with Gasteiger partial charge in [-0.05, 0) is 13.3 Å². The Morgan fingerprint density at radius 3 is 2.18 bits per heavy atom. The van der Waals surface area contributed by atoms with Crippen LogP contribution in [0.4, 0.5) is 5.82 Å². The van der Waals surface area contributed by atoms with Crippen molar-refractivity contribution < 1.29 is 23.8 Å². The second-order valence-electron chi connectivity index (χ2n) is 10.6. The molecule has 0 saturated carbocycles. The Labute approximate surface area is 233 Å². The first-order valence-electron chi connectivity index (χ1n) is 14.7. The number of rotatable bonds is 23. The Balaban J connectivity index is 1.52. The van der Waals surface area contributed by atoms with Crippen molar-refractivity contribution in [3.05, 3.63) is 12.7 Å². The van der Waals surface area contributed by atoms with Crippen LogP contribution in [0.2, 0.25) is 0 Å². The lowest BCUT2D eigenvalue weighted by molar-refractivity contribution is 0.0643. The third-order valence-electron chi connectivity index (χ3n) is 6.97. The van der Waals surface area contributed by atoms with Gasteiger partial charge < -0.3 is 35.3 Å². The molecule has 0 aromatic carbocycles. The highest BCUT2D eigenvalue weighted by Crippen LogP contribution is 2.42. The van der Waals surface area contributed by atoms with Crippen LogP contribution in [0.5, 0.6) is 0 Å². The van der Waals surface area contributed by atoms with E-state index in [1.165, 1.54) is 70.5 Å². The van der Waals surface area contributed by atoms with Crippen molar-refractivity contribution in [3.8, 4) is 0 Å². The van der Waals surface area contributed by atoms with Gasteiger partial charge in [0.25, 0.3) is 0 Å². The molecule has 0 saturated heterocycles. The second-order valence-corrected chi connectivity index (χ2v) is 12.4. The van der Waals surface area contributed by atoms with E-state index in [2.05, 4.69) is 21.9 Å². The van der Waals surface area contributed by atoms with Gasteiger partial charge in [-0.2, -0.15) is 0 Å². The van der Waals surface area contributed by atoms with E-state index < -0.39 is 32.2 Å². The molecule has 0 aliphatic rings. The number of hydrogen-bond donors (Lipinski definition) is 4. The summed E-state index contributed by atoms with van der Waals surface area (Å²) in [6.45, 7) is 4.15. The van der Waals surface area contributed by atoms with Crippen LogP contribution in [0.3, 0.4) is 0 Å². The number of nitrogens with two attached hydrogens (primary N) is 2. The summed E-state index contributed by atoms with van der Waals surface area (Å²) in [5.41, 5.74) is 12.9. The highest BCUT2D eigenvalue weighted by Gasteiger charge is 2.25. The fourth-order valence-electron chi connectivity index (χ4n) is 4.52. The van der Waals surface area contributed by atoms with Crippen LogP contribution >= 0.6 is 7.60 Å². The number of ether oxygens (including phenoxy) is 1. The maximum absolute atomic E-state index is 12.4. The molecular weight excluding hydrogens is 519 g/mol. The first-order valence-corrected chi connectivity index (χ1v) is 16.4. The number of unbranched alkanes of at least 4 members (excludes halogenated alkanes) is 12. The fraction of sp³-hybridized carbons (Fsp3) is 0.815. The van der Waals surface area contributed by atoms with Crippen LogP contribution in [-0.4, -0.2) is 60.7 Å². The number of anilines is 1. The number of aliphatic hydroxyl groups is 1. The van der Waals surface area contributed by atoms with Gasteiger partial charge in [0, 0.05) is 0 Å². The molecule has 4 atom stereocenters. The Kier molecular flexibility index (Phi) is 16.1. The number of hydrogen-bond acceptors (Lipinski definition) is 9. The standard InChI is InChI=1S/C27H51N6O5P/c1-3-4-5-6-7-8-9-10-11-12-13-14-15-16-24(34)23(28)18-38-39(35,36)21-37-22(2)17-33-20-32-25-26(29)30-19-31-27(25)33/h19-20,22-24,34H,3-18,21,28H2,1-2H3,(H,35,36)(H2,29,30,31)/t22-,23+,24-/m1/s1. The molecule has 0 aliphatic carbocycles. The normalized spacial score (nSPS) is 15.8. The van der Waals surface area contributed by atoms with Crippen molar-refractivity contribution in [2.45, 2.75) is 129 Å². The minimum absolute atomic E-state index is 0.215. The van der Waals surface area contributed by atoms with E-state index >= 15 is 0 Å². The fourth-order valence-corrected chi connectivity index (χ4v) is 5.44. The summed E-state index contributed by atoms with van der Waals surface area (Å²) in [6.07, 6.45) is 18.2. The average molecular weight is 571 g/mol. The summed E-state index contributed by atoms with van der Waals surface area (Å²) in [5.74, 6) is 0.285. The molecule has 2 heterocycles. The predicted molar refractivity (Wildman–Crippen MR) is 155 cm³/mol. The Morgan fingerprint density at radius 1 is 0.974 bits per heavy atom. The summed E-state index contributed by atoms with van der Waals surface area (Å²) in [6, 6.07) is -0.734. The summed E-state index contributed by atoms with van der Waals surface area (Å²) >= 11 is 0. The summed E-state index contributed by atoms with van der Waals surface area (Å²) in [4.78, 5) is 22.4. The van der Waals surface area contributed by atoms with Gasteiger partial charge in [0.05, 0.1) is 37.7 Å². The highest BCUT2D eigenvalue weighted by molar-refractivity contribution is 7.52. The van der Waals surface area contributed by atoms with Crippen LogP contribution in [-0.2, 0) is 20.4 Å². The molecule has 2 rings (SSSR count). The zero-order chi connectivity index (χ0) is 28.5. The van der Waals surface area contributed by atoms with Gasteiger partial charge >= 0.3 is 7.60 Å². The second kappa shape index (κ2) is 18.7. The molecule has 2 aromatic rings. The van der Waals surface area contributed by atoms with Crippen LogP contribution in [0.25, 0.3) is 11.2 Å². The molecule has 0 fully saturated rings. The van der Waals surface area contributed by atoms with Crippen molar-refractivity contribution in [2.24, 2.45) is 5.73 Å². The first kappa shape index (κ1) is 33.6. The Morgan fingerprint density at radius 2 is 1.56 bits per heavy atom. The molecular formula is C27H51N6O5P. The number of aliphatic hydroxyl groups excluding tert-OH is 1. The van der Waals surface area contributed by atoms with Crippen LogP contribution in [0.15, 0.2) is 12.7 Å². The molecule has 0 spiro atoms. The van der Waals surface area contributed by atoms with Gasteiger partial charge in [-0.25, -0.2) is 15.0 Å². The minimum Gasteiger partial charge on any atom is -0.391 e. The third kappa shape index (κ3) is 13.5. The highest BCUT2D eigenvalue weighted by atomic mass is 31.2. The van der Waals surface area contributed by atoms with Crippen LogP contribution < -0.4 is 11.5 Å². The predicted octanol–water partition coefficient (Wildman–Crippen LogP) is 5.14. The molecule has 0 bridgehead atoms. The minimum atomic E-state index is -4.03. The maximum atomic E-state index is 12.4. The van der Waals surface area contributed by atoms with E-state index in [4.69, 9.17) is 20.7 Å². The monoisotopic (exact) mass is 570 g/mol. The van der Waals surface area contributed by atoms with E-state index in [0.29, 0.717) is 24.1 Å². The number of nitrogens with zero attached hydrogens (tertiary/aromatic N) is 4. The largest absolute Gasteiger partial charge is 0.391 e. The zero-order valence-electron chi connectivity index (χ0n) is 23.9. The van der Waals surface area contributed by atoms with Crippen molar-refractivity contribution in [1.29, 1.82) is 0 Å². The van der Waals surface area contributed by atoms with Crippen LogP contribution in [0, 0.1) is 0 Å². The maximum Gasteiger partial charge on any atom is 0.353 e. The lowest BCUT2D eigenvalue weighted by atomic mass is 10.0. The molecule has 12 heteroatoms. The zero-order valence-corrected chi connectivity index (χ0v) is 24.8. The molecule has 11 nitrogen and oxygen atoms in total. The van der Waals surface area contributed by atoms with Gasteiger partial charge in [0.15, 0.2) is 11.5 Å². The van der Waals surface area contributed by atoms with E-state index in [0.717, 1.165) is 19.3 Å². The van der Waals surface area contributed by atoms with Crippen molar-refractivity contribution in [3.63, 3.8) is 0 Å². The van der Waals surface area contributed by atoms with Gasteiger partial charge in [0.1, 0.15) is 18.2 Å². The quantitative estimate of drug-likeness (QED) is 0.103. The topological polar surface area (TPSA) is 172 Å². The Hall–Kier alpha value is -1.62. The first-order chi connectivity index (χ1) is 18.7. The lowest BCUT2D eigenvalue weighted by Gasteiger charge is -2.21. The number of fused-ring (bicyclic) bond motifs is 1. The molecule has 0 aliphatic heterocycles. The number of aromatic nitrogens is 4. The van der Waals surface area contributed by atoms with E-state index in [9.17, 15) is 14.6 Å². The van der Waals surface area contributed by atoms with Crippen molar-refractivity contribution >= 4 is 24.6 Å². The summed E-state index contributed by atoms with van der Waals surface area (Å²) < 4.78 is 24.8.